The number of amides is 1. The fourth-order valence-corrected chi connectivity index (χ4v) is 2.65. The standard InChI is InChI=1S/C17H19FN4O2/c1-19-17(23)15-6-7-16(21-20-15)22-10-8-14(9-11-22)24-13-4-2-12(18)3-5-13/h2-7,14H,8-11H2,1H3,(H,19,23). The highest BCUT2D eigenvalue weighted by Crippen LogP contribution is 2.22. The van der Waals surface area contributed by atoms with Crippen LogP contribution >= 0.6 is 0 Å². The number of rotatable bonds is 4. The molecule has 3 rings (SSSR count). The molecule has 1 saturated heterocycles. The van der Waals surface area contributed by atoms with E-state index in [2.05, 4.69) is 20.4 Å². The van der Waals surface area contributed by atoms with Gasteiger partial charge in [-0.05, 0) is 36.4 Å². The normalized spacial score (nSPS) is 15.2. The van der Waals surface area contributed by atoms with Crippen LogP contribution in [0.25, 0.3) is 0 Å². The number of nitrogens with zero attached hydrogens (tertiary/aromatic N) is 3. The number of carbonyl (C=O) groups is 1. The van der Waals surface area contributed by atoms with Crippen LogP contribution in [0.3, 0.4) is 0 Å². The van der Waals surface area contributed by atoms with Crippen molar-refractivity contribution < 1.29 is 13.9 Å². The van der Waals surface area contributed by atoms with Gasteiger partial charge in [0.15, 0.2) is 11.5 Å². The Bertz CT molecular complexity index is 683. The molecule has 24 heavy (non-hydrogen) atoms. The zero-order valence-electron chi connectivity index (χ0n) is 13.4. The number of halogens is 1. The molecule has 1 amide bonds. The van der Waals surface area contributed by atoms with Gasteiger partial charge in [-0.25, -0.2) is 4.39 Å². The Morgan fingerprint density at radius 1 is 1.17 bits per heavy atom. The van der Waals surface area contributed by atoms with Crippen molar-refractivity contribution in [3.8, 4) is 5.75 Å². The molecule has 2 aromatic rings. The molecule has 0 atom stereocenters. The summed E-state index contributed by atoms with van der Waals surface area (Å²) in [4.78, 5) is 13.6. The van der Waals surface area contributed by atoms with Gasteiger partial charge in [-0.2, -0.15) is 0 Å². The van der Waals surface area contributed by atoms with Crippen LogP contribution in [-0.2, 0) is 0 Å². The SMILES string of the molecule is CNC(=O)c1ccc(N2CCC(Oc3ccc(F)cc3)CC2)nn1. The summed E-state index contributed by atoms with van der Waals surface area (Å²) < 4.78 is 18.8. The number of anilines is 1. The minimum absolute atomic E-state index is 0.102. The third kappa shape index (κ3) is 3.79. The maximum atomic E-state index is 12.9. The Labute approximate surface area is 139 Å². The molecule has 126 valence electrons. The molecule has 1 aromatic heterocycles. The molecule has 0 bridgehead atoms. The Balaban J connectivity index is 1.54. The second kappa shape index (κ2) is 7.25. The first-order chi connectivity index (χ1) is 11.7. The van der Waals surface area contributed by atoms with Gasteiger partial charge in [0.25, 0.3) is 5.91 Å². The average molecular weight is 330 g/mol. The molecule has 1 aromatic carbocycles. The minimum Gasteiger partial charge on any atom is -0.490 e. The van der Waals surface area contributed by atoms with Gasteiger partial charge in [0, 0.05) is 33.0 Å². The third-order valence-corrected chi connectivity index (χ3v) is 3.99. The summed E-state index contributed by atoms with van der Waals surface area (Å²) in [6.07, 6.45) is 1.79. The van der Waals surface area contributed by atoms with E-state index in [0.717, 1.165) is 31.7 Å². The van der Waals surface area contributed by atoms with Gasteiger partial charge in [0.1, 0.15) is 17.7 Å². The molecule has 6 nitrogen and oxygen atoms in total. The Hall–Kier alpha value is -2.70. The Morgan fingerprint density at radius 3 is 2.46 bits per heavy atom. The summed E-state index contributed by atoms with van der Waals surface area (Å²) in [5.41, 5.74) is 0.302. The van der Waals surface area contributed by atoms with Gasteiger partial charge in [-0.1, -0.05) is 0 Å². The lowest BCUT2D eigenvalue weighted by Crippen LogP contribution is -2.38. The van der Waals surface area contributed by atoms with E-state index in [0.29, 0.717) is 11.4 Å². The summed E-state index contributed by atoms with van der Waals surface area (Å²) in [5.74, 6) is 0.920. The maximum Gasteiger partial charge on any atom is 0.271 e. The van der Waals surface area contributed by atoms with Crippen LogP contribution in [0.5, 0.6) is 5.75 Å². The zero-order chi connectivity index (χ0) is 16.9. The van der Waals surface area contributed by atoms with E-state index in [9.17, 15) is 9.18 Å². The topological polar surface area (TPSA) is 67.4 Å². The first-order valence-corrected chi connectivity index (χ1v) is 7.88. The third-order valence-electron chi connectivity index (χ3n) is 3.99. The van der Waals surface area contributed by atoms with Gasteiger partial charge in [0.05, 0.1) is 0 Å². The van der Waals surface area contributed by atoms with Crippen molar-refractivity contribution in [3.63, 3.8) is 0 Å². The quantitative estimate of drug-likeness (QED) is 0.929. The molecule has 7 heteroatoms. The largest absolute Gasteiger partial charge is 0.490 e. The number of benzene rings is 1. The molecule has 0 radical (unpaired) electrons. The lowest BCUT2D eigenvalue weighted by atomic mass is 10.1. The molecular formula is C17H19FN4O2. The number of hydrogen-bond donors (Lipinski definition) is 1. The second-order valence-electron chi connectivity index (χ2n) is 5.61. The molecule has 2 heterocycles. The summed E-state index contributed by atoms with van der Waals surface area (Å²) in [6, 6.07) is 9.55. The van der Waals surface area contributed by atoms with E-state index < -0.39 is 0 Å². The van der Waals surface area contributed by atoms with Crippen LogP contribution in [0.1, 0.15) is 23.3 Å². The summed E-state index contributed by atoms with van der Waals surface area (Å²) in [7, 11) is 1.56. The number of piperidine rings is 1. The van der Waals surface area contributed by atoms with Gasteiger partial charge < -0.3 is 15.0 Å². The number of carbonyl (C=O) groups excluding carboxylic acids is 1. The highest BCUT2D eigenvalue weighted by molar-refractivity contribution is 5.91. The lowest BCUT2D eigenvalue weighted by Gasteiger charge is -2.32. The second-order valence-corrected chi connectivity index (χ2v) is 5.61. The Morgan fingerprint density at radius 2 is 1.88 bits per heavy atom. The van der Waals surface area contributed by atoms with E-state index in [-0.39, 0.29) is 17.8 Å². The van der Waals surface area contributed by atoms with Crippen molar-refractivity contribution in [2.24, 2.45) is 0 Å². The molecule has 0 aliphatic carbocycles. The number of nitrogens with one attached hydrogen (secondary N) is 1. The van der Waals surface area contributed by atoms with Gasteiger partial charge >= 0.3 is 0 Å². The minimum atomic E-state index is -0.268. The van der Waals surface area contributed by atoms with E-state index in [1.807, 2.05) is 0 Å². The summed E-state index contributed by atoms with van der Waals surface area (Å²) >= 11 is 0. The molecule has 1 N–H and O–H groups in total. The van der Waals surface area contributed by atoms with E-state index in [1.54, 1.807) is 31.3 Å². The number of aromatic nitrogens is 2. The van der Waals surface area contributed by atoms with Crippen LogP contribution in [-0.4, -0.2) is 42.3 Å². The lowest BCUT2D eigenvalue weighted by molar-refractivity contribution is 0.0957. The van der Waals surface area contributed by atoms with Crippen molar-refractivity contribution in [2.45, 2.75) is 18.9 Å². The number of hydrogen-bond acceptors (Lipinski definition) is 5. The molecular weight excluding hydrogens is 311 g/mol. The van der Waals surface area contributed by atoms with E-state index in [4.69, 9.17) is 4.74 Å². The van der Waals surface area contributed by atoms with Crippen molar-refractivity contribution in [3.05, 3.63) is 47.9 Å². The van der Waals surface area contributed by atoms with Crippen LogP contribution < -0.4 is 15.0 Å². The molecule has 1 aliphatic rings. The van der Waals surface area contributed by atoms with E-state index in [1.165, 1.54) is 12.1 Å². The molecule has 0 unspecified atom stereocenters. The maximum absolute atomic E-state index is 12.9. The fraction of sp³-hybridized carbons (Fsp3) is 0.353. The smallest absolute Gasteiger partial charge is 0.271 e. The summed E-state index contributed by atoms with van der Waals surface area (Å²) in [6.45, 7) is 1.58. The highest BCUT2D eigenvalue weighted by atomic mass is 19.1. The molecule has 0 saturated carbocycles. The monoisotopic (exact) mass is 330 g/mol. The van der Waals surface area contributed by atoms with Crippen LogP contribution in [0, 0.1) is 5.82 Å². The summed E-state index contributed by atoms with van der Waals surface area (Å²) in [5, 5.41) is 10.6. The van der Waals surface area contributed by atoms with Crippen LogP contribution in [0.2, 0.25) is 0 Å². The van der Waals surface area contributed by atoms with Crippen molar-refractivity contribution in [1.82, 2.24) is 15.5 Å². The van der Waals surface area contributed by atoms with Gasteiger partial charge in [-0.15, -0.1) is 10.2 Å². The van der Waals surface area contributed by atoms with Gasteiger partial charge in [0.2, 0.25) is 0 Å². The molecule has 0 spiro atoms. The first kappa shape index (κ1) is 16.2. The van der Waals surface area contributed by atoms with Crippen molar-refractivity contribution >= 4 is 11.7 Å². The first-order valence-electron chi connectivity index (χ1n) is 7.88. The molecule has 1 aliphatic heterocycles. The highest BCUT2D eigenvalue weighted by Gasteiger charge is 2.22. The van der Waals surface area contributed by atoms with Crippen LogP contribution in [0.4, 0.5) is 10.2 Å². The van der Waals surface area contributed by atoms with Crippen molar-refractivity contribution in [2.75, 3.05) is 25.0 Å². The van der Waals surface area contributed by atoms with E-state index >= 15 is 0 Å². The average Bonchev–Trinajstić information content (AvgIpc) is 2.64. The van der Waals surface area contributed by atoms with Gasteiger partial charge in [-0.3, -0.25) is 4.79 Å². The predicted octanol–water partition coefficient (Wildman–Crippen LogP) is 2.02. The fourth-order valence-electron chi connectivity index (χ4n) is 2.65. The number of ether oxygens (including phenoxy) is 1. The van der Waals surface area contributed by atoms with Crippen molar-refractivity contribution in [1.29, 1.82) is 0 Å². The zero-order valence-corrected chi connectivity index (χ0v) is 13.4. The molecule has 1 fully saturated rings. The Kier molecular flexibility index (Phi) is 4.88. The van der Waals surface area contributed by atoms with Crippen LogP contribution in [0.15, 0.2) is 36.4 Å². The predicted molar refractivity (Wildman–Crippen MR) is 87.7 cm³/mol.